The molecule has 0 aliphatic carbocycles. The molecule has 144 valence electrons. The van der Waals surface area contributed by atoms with E-state index in [0.29, 0.717) is 17.7 Å². The molecule has 1 aromatic carbocycles. The first-order chi connectivity index (χ1) is 12.5. The van der Waals surface area contributed by atoms with Gasteiger partial charge >= 0.3 is 0 Å². The van der Waals surface area contributed by atoms with Gasteiger partial charge in [-0.2, -0.15) is 0 Å². The number of hydrogen-bond donors (Lipinski definition) is 2. The van der Waals surface area contributed by atoms with Crippen LogP contribution in [0.2, 0.25) is 0 Å². The minimum Gasteiger partial charge on any atom is -0.351 e. The number of hydrogen-bond acceptors (Lipinski definition) is 3. The van der Waals surface area contributed by atoms with Crippen molar-refractivity contribution in [2.45, 2.75) is 46.5 Å². The van der Waals surface area contributed by atoms with Crippen LogP contribution in [0.1, 0.15) is 67.2 Å². The van der Waals surface area contributed by atoms with Gasteiger partial charge in [-0.25, -0.2) is 0 Å². The smallest absolute Gasteiger partial charge is 0.253 e. The molecule has 5 heteroatoms. The van der Waals surface area contributed by atoms with Crippen molar-refractivity contribution in [3.05, 3.63) is 35.4 Å². The maximum atomic E-state index is 12.7. The van der Waals surface area contributed by atoms with Crippen molar-refractivity contribution in [2.75, 3.05) is 32.7 Å². The minimum atomic E-state index is -0.100. The molecule has 1 aliphatic rings. The largest absolute Gasteiger partial charge is 0.351 e. The van der Waals surface area contributed by atoms with E-state index < -0.39 is 0 Å². The van der Waals surface area contributed by atoms with Gasteiger partial charge in [-0.3, -0.25) is 9.59 Å². The van der Waals surface area contributed by atoms with E-state index in [1.54, 1.807) is 24.3 Å². The van der Waals surface area contributed by atoms with Crippen molar-refractivity contribution in [3.63, 3.8) is 0 Å². The lowest BCUT2D eigenvalue weighted by molar-refractivity contribution is 0.0755. The minimum absolute atomic E-state index is 0.00802. The summed E-state index contributed by atoms with van der Waals surface area (Å²) in [5.41, 5.74) is 1.29. The summed E-state index contributed by atoms with van der Waals surface area (Å²) in [6.45, 7) is 10.5. The number of rotatable bonds is 8. The highest BCUT2D eigenvalue weighted by Crippen LogP contribution is 2.26. The summed E-state index contributed by atoms with van der Waals surface area (Å²) < 4.78 is 0. The van der Waals surface area contributed by atoms with Crippen LogP contribution in [0.15, 0.2) is 24.3 Å². The highest BCUT2D eigenvalue weighted by molar-refractivity contribution is 5.99. The third-order valence-corrected chi connectivity index (χ3v) is 5.13. The second-order valence-corrected chi connectivity index (χ2v) is 7.62. The number of nitrogens with one attached hydrogen (secondary N) is 2. The molecule has 2 amide bonds. The summed E-state index contributed by atoms with van der Waals surface area (Å²) in [5.74, 6) is -0.0920. The average molecular weight is 360 g/mol. The molecule has 0 spiro atoms. The molecule has 0 bridgehead atoms. The third-order valence-electron chi connectivity index (χ3n) is 5.13. The first kappa shape index (κ1) is 20.4. The summed E-state index contributed by atoms with van der Waals surface area (Å²) >= 11 is 0. The van der Waals surface area contributed by atoms with E-state index in [0.717, 1.165) is 51.9 Å². The van der Waals surface area contributed by atoms with Gasteiger partial charge < -0.3 is 15.5 Å². The van der Waals surface area contributed by atoms with Crippen molar-refractivity contribution in [1.29, 1.82) is 0 Å². The molecule has 0 saturated carbocycles. The van der Waals surface area contributed by atoms with Crippen molar-refractivity contribution in [3.8, 4) is 0 Å². The summed E-state index contributed by atoms with van der Waals surface area (Å²) in [6, 6.07) is 7.09. The zero-order valence-electron chi connectivity index (χ0n) is 16.4. The lowest BCUT2D eigenvalue weighted by atomic mass is 9.81. The maximum Gasteiger partial charge on any atom is 0.253 e. The van der Waals surface area contributed by atoms with Crippen LogP contribution in [0.5, 0.6) is 0 Å². The predicted octanol–water partition coefficient (Wildman–Crippen LogP) is 3.07. The van der Waals surface area contributed by atoms with Crippen LogP contribution in [0.3, 0.4) is 0 Å². The molecule has 1 aliphatic heterocycles. The molecule has 5 nitrogen and oxygen atoms in total. The zero-order chi connectivity index (χ0) is 19.0. The van der Waals surface area contributed by atoms with Crippen LogP contribution >= 0.6 is 0 Å². The molecule has 0 unspecified atom stereocenters. The van der Waals surface area contributed by atoms with Gasteiger partial charge in [0.05, 0.1) is 0 Å². The van der Waals surface area contributed by atoms with Crippen molar-refractivity contribution in [1.82, 2.24) is 15.5 Å². The molecule has 2 N–H and O–H groups in total. The molecule has 1 saturated heterocycles. The molecule has 2 rings (SSSR count). The summed E-state index contributed by atoms with van der Waals surface area (Å²) in [5, 5.41) is 6.42. The Bertz CT molecular complexity index is 603. The Kier molecular flexibility index (Phi) is 7.64. The highest BCUT2D eigenvalue weighted by Gasteiger charge is 2.27. The van der Waals surface area contributed by atoms with Gasteiger partial charge in [0.1, 0.15) is 0 Å². The van der Waals surface area contributed by atoms with E-state index in [2.05, 4.69) is 31.4 Å². The first-order valence-corrected chi connectivity index (χ1v) is 9.87. The van der Waals surface area contributed by atoms with E-state index in [9.17, 15) is 9.59 Å². The van der Waals surface area contributed by atoms with Crippen molar-refractivity contribution < 1.29 is 9.59 Å². The molecule has 0 atom stereocenters. The Labute approximate surface area is 157 Å². The molecular formula is C21H33N3O2. The number of piperidine rings is 1. The van der Waals surface area contributed by atoms with E-state index in [4.69, 9.17) is 0 Å². The second kappa shape index (κ2) is 9.72. The summed E-state index contributed by atoms with van der Waals surface area (Å²) in [7, 11) is 0. The fourth-order valence-electron chi connectivity index (χ4n) is 3.43. The maximum absolute atomic E-state index is 12.7. The Balaban J connectivity index is 2.02. The summed E-state index contributed by atoms with van der Waals surface area (Å²) in [6.07, 6.45) is 3.99. The first-order valence-electron chi connectivity index (χ1n) is 9.87. The zero-order valence-corrected chi connectivity index (χ0v) is 16.4. The van der Waals surface area contributed by atoms with Crippen LogP contribution in [-0.4, -0.2) is 49.4 Å². The number of carbonyl (C=O) groups is 2. The fourth-order valence-corrected chi connectivity index (χ4v) is 3.43. The third kappa shape index (κ3) is 5.56. The number of nitrogens with zero attached hydrogens (tertiary/aromatic N) is 1. The molecule has 1 aromatic rings. The van der Waals surface area contributed by atoms with Crippen molar-refractivity contribution in [2.24, 2.45) is 5.41 Å². The molecule has 1 fully saturated rings. The number of benzene rings is 1. The Morgan fingerprint density at radius 3 is 2.35 bits per heavy atom. The van der Waals surface area contributed by atoms with Gasteiger partial charge in [-0.15, -0.1) is 0 Å². The molecule has 0 aromatic heterocycles. The molecular weight excluding hydrogens is 326 g/mol. The average Bonchev–Trinajstić information content (AvgIpc) is 2.66. The Morgan fingerprint density at radius 1 is 1.12 bits per heavy atom. The monoisotopic (exact) mass is 359 g/mol. The van der Waals surface area contributed by atoms with Crippen LogP contribution in [-0.2, 0) is 0 Å². The molecule has 1 heterocycles. The topological polar surface area (TPSA) is 61.4 Å². The van der Waals surface area contributed by atoms with E-state index in [1.807, 2.05) is 4.90 Å². The van der Waals surface area contributed by atoms with Gasteiger partial charge in [0, 0.05) is 30.8 Å². The molecule has 26 heavy (non-hydrogen) atoms. The number of carbonyl (C=O) groups excluding carboxylic acids is 2. The van der Waals surface area contributed by atoms with Gasteiger partial charge in [-0.05, 0) is 62.4 Å². The lowest BCUT2D eigenvalue weighted by Gasteiger charge is -2.34. The molecule has 0 radical (unpaired) electrons. The van der Waals surface area contributed by atoms with Crippen LogP contribution in [0.25, 0.3) is 0 Å². The van der Waals surface area contributed by atoms with Crippen molar-refractivity contribution >= 4 is 11.8 Å². The van der Waals surface area contributed by atoms with Crippen LogP contribution in [0, 0.1) is 5.41 Å². The lowest BCUT2D eigenvalue weighted by Crippen LogP contribution is -2.42. The SMILES string of the molecule is CCCN(CCC)C(=O)c1cccc(C(=O)NCC2(C)CCNCC2)c1. The van der Waals surface area contributed by atoms with E-state index in [-0.39, 0.29) is 17.2 Å². The second-order valence-electron chi connectivity index (χ2n) is 7.62. The van der Waals surface area contributed by atoms with E-state index >= 15 is 0 Å². The van der Waals surface area contributed by atoms with Gasteiger partial charge in [-0.1, -0.05) is 26.8 Å². The fraction of sp³-hybridized carbons (Fsp3) is 0.619. The van der Waals surface area contributed by atoms with Crippen LogP contribution in [0.4, 0.5) is 0 Å². The van der Waals surface area contributed by atoms with Gasteiger partial charge in [0.25, 0.3) is 11.8 Å². The summed E-state index contributed by atoms with van der Waals surface area (Å²) in [4.78, 5) is 27.2. The van der Waals surface area contributed by atoms with E-state index in [1.165, 1.54) is 0 Å². The highest BCUT2D eigenvalue weighted by atomic mass is 16.2. The van der Waals surface area contributed by atoms with Crippen LogP contribution < -0.4 is 10.6 Å². The standard InChI is InChI=1S/C21H33N3O2/c1-4-13-24(14-5-2)20(26)18-8-6-7-17(15-18)19(25)23-16-21(3)9-11-22-12-10-21/h6-8,15,22H,4-5,9-14,16H2,1-3H3,(H,23,25). The number of amides is 2. The quantitative estimate of drug-likeness (QED) is 0.750. The van der Waals surface area contributed by atoms with Gasteiger partial charge in [0.15, 0.2) is 0 Å². The Hall–Kier alpha value is -1.88. The van der Waals surface area contributed by atoms with Gasteiger partial charge in [0.2, 0.25) is 0 Å². The Morgan fingerprint density at radius 2 is 1.73 bits per heavy atom. The normalized spacial score (nSPS) is 16.1. The predicted molar refractivity (Wildman–Crippen MR) is 105 cm³/mol.